The van der Waals surface area contributed by atoms with Gasteiger partial charge in [0.05, 0.1) is 4.90 Å². The van der Waals surface area contributed by atoms with Gasteiger partial charge in [0.25, 0.3) is 0 Å². The molecule has 2 N–H and O–H groups in total. The van der Waals surface area contributed by atoms with Crippen LogP contribution in [-0.2, 0) is 10.0 Å². The van der Waals surface area contributed by atoms with Crippen molar-refractivity contribution < 1.29 is 8.42 Å². The summed E-state index contributed by atoms with van der Waals surface area (Å²) in [7, 11) is -3.45. The molecule has 1 aliphatic rings. The standard InChI is InChI=1S/C15H24N2O2S/c1-11-7-12(2)9-14(8-11)20(18,19)17-6-4-5-13(3)15(17)10-16/h7-9,13,15H,4-6,10,16H2,1-3H3. The summed E-state index contributed by atoms with van der Waals surface area (Å²) in [5.41, 5.74) is 7.75. The number of piperidine rings is 1. The van der Waals surface area contributed by atoms with Gasteiger partial charge in [-0.05, 0) is 55.9 Å². The third kappa shape index (κ3) is 2.90. The van der Waals surface area contributed by atoms with Gasteiger partial charge in [0, 0.05) is 19.1 Å². The second kappa shape index (κ2) is 5.84. The third-order valence-electron chi connectivity index (χ3n) is 4.11. The molecule has 1 aromatic carbocycles. The molecule has 2 unspecified atom stereocenters. The summed E-state index contributed by atoms with van der Waals surface area (Å²) >= 11 is 0. The van der Waals surface area contributed by atoms with Gasteiger partial charge in [-0.15, -0.1) is 0 Å². The minimum Gasteiger partial charge on any atom is -0.329 e. The largest absolute Gasteiger partial charge is 0.329 e. The molecule has 2 rings (SSSR count). The topological polar surface area (TPSA) is 63.4 Å². The fourth-order valence-corrected chi connectivity index (χ4v) is 5.04. The fraction of sp³-hybridized carbons (Fsp3) is 0.600. The molecule has 0 spiro atoms. The van der Waals surface area contributed by atoms with Crippen LogP contribution in [0.25, 0.3) is 0 Å². The Morgan fingerprint density at radius 2 is 1.85 bits per heavy atom. The molecule has 20 heavy (non-hydrogen) atoms. The van der Waals surface area contributed by atoms with Crippen LogP contribution in [0.1, 0.15) is 30.9 Å². The van der Waals surface area contributed by atoms with Crippen LogP contribution in [-0.4, -0.2) is 31.9 Å². The predicted octanol–water partition coefficient (Wildman–Crippen LogP) is 2.05. The highest BCUT2D eigenvalue weighted by Gasteiger charge is 2.36. The van der Waals surface area contributed by atoms with Crippen LogP contribution < -0.4 is 5.73 Å². The second-order valence-electron chi connectivity index (χ2n) is 5.86. The summed E-state index contributed by atoms with van der Waals surface area (Å²) in [5.74, 6) is 0.314. The quantitative estimate of drug-likeness (QED) is 0.928. The van der Waals surface area contributed by atoms with E-state index in [0.29, 0.717) is 23.9 Å². The Balaban J connectivity index is 2.42. The molecular weight excluding hydrogens is 272 g/mol. The molecule has 112 valence electrons. The number of hydrogen-bond donors (Lipinski definition) is 1. The highest BCUT2D eigenvalue weighted by molar-refractivity contribution is 7.89. The van der Waals surface area contributed by atoms with Crippen LogP contribution in [0.5, 0.6) is 0 Å². The fourth-order valence-electron chi connectivity index (χ4n) is 3.08. The number of hydrogen-bond acceptors (Lipinski definition) is 3. The highest BCUT2D eigenvalue weighted by atomic mass is 32.2. The van der Waals surface area contributed by atoms with Crippen LogP contribution in [0.4, 0.5) is 0 Å². The molecule has 2 atom stereocenters. The van der Waals surface area contributed by atoms with Crippen molar-refractivity contribution in [3.63, 3.8) is 0 Å². The van der Waals surface area contributed by atoms with E-state index in [0.717, 1.165) is 24.0 Å². The first-order chi connectivity index (χ1) is 9.36. The van der Waals surface area contributed by atoms with Crippen molar-refractivity contribution in [3.05, 3.63) is 29.3 Å². The summed E-state index contributed by atoms with van der Waals surface area (Å²) < 4.78 is 27.4. The maximum absolute atomic E-state index is 12.9. The number of nitrogens with zero attached hydrogens (tertiary/aromatic N) is 1. The van der Waals surface area contributed by atoms with Crippen molar-refractivity contribution in [2.75, 3.05) is 13.1 Å². The molecule has 0 aliphatic carbocycles. The van der Waals surface area contributed by atoms with E-state index in [1.807, 2.05) is 19.9 Å². The highest BCUT2D eigenvalue weighted by Crippen LogP contribution is 2.29. The number of benzene rings is 1. The van der Waals surface area contributed by atoms with E-state index in [4.69, 9.17) is 5.73 Å². The minimum atomic E-state index is -3.45. The van der Waals surface area contributed by atoms with Crippen LogP contribution >= 0.6 is 0 Å². The molecule has 1 heterocycles. The first kappa shape index (κ1) is 15.5. The lowest BCUT2D eigenvalue weighted by atomic mass is 9.93. The van der Waals surface area contributed by atoms with Crippen molar-refractivity contribution in [2.24, 2.45) is 11.7 Å². The average molecular weight is 296 g/mol. The molecule has 4 nitrogen and oxygen atoms in total. The molecule has 0 aromatic heterocycles. The Morgan fingerprint density at radius 1 is 1.25 bits per heavy atom. The Hall–Kier alpha value is -0.910. The average Bonchev–Trinajstić information content (AvgIpc) is 2.37. The lowest BCUT2D eigenvalue weighted by Gasteiger charge is -2.38. The zero-order valence-electron chi connectivity index (χ0n) is 12.5. The van der Waals surface area contributed by atoms with Crippen LogP contribution in [0.2, 0.25) is 0 Å². The second-order valence-corrected chi connectivity index (χ2v) is 7.75. The molecule has 1 aromatic rings. The summed E-state index contributed by atoms with van der Waals surface area (Å²) in [4.78, 5) is 0.391. The predicted molar refractivity (Wildman–Crippen MR) is 81.0 cm³/mol. The van der Waals surface area contributed by atoms with Gasteiger partial charge >= 0.3 is 0 Å². The van der Waals surface area contributed by atoms with Crippen molar-refractivity contribution >= 4 is 10.0 Å². The summed E-state index contributed by atoms with van der Waals surface area (Å²) in [5, 5.41) is 0. The van der Waals surface area contributed by atoms with E-state index >= 15 is 0 Å². The van der Waals surface area contributed by atoms with Gasteiger partial charge in [-0.3, -0.25) is 0 Å². The van der Waals surface area contributed by atoms with Gasteiger partial charge in [-0.1, -0.05) is 13.0 Å². The normalized spacial score (nSPS) is 24.8. The maximum atomic E-state index is 12.9. The van der Waals surface area contributed by atoms with E-state index in [9.17, 15) is 8.42 Å². The van der Waals surface area contributed by atoms with Gasteiger partial charge in [0.1, 0.15) is 0 Å². The summed E-state index contributed by atoms with van der Waals surface area (Å²) in [6.07, 6.45) is 1.95. The van der Waals surface area contributed by atoms with Crippen LogP contribution in [0, 0.1) is 19.8 Å². The van der Waals surface area contributed by atoms with Crippen molar-refractivity contribution in [1.29, 1.82) is 0 Å². The summed E-state index contributed by atoms with van der Waals surface area (Å²) in [6.45, 7) is 6.88. The smallest absolute Gasteiger partial charge is 0.243 e. The SMILES string of the molecule is Cc1cc(C)cc(S(=O)(=O)N2CCCC(C)C2CN)c1. The van der Waals surface area contributed by atoms with Gasteiger partial charge in [0.15, 0.2) is 0 Å². The Bertz CT molecular complexity index is 563. The molecule has 1 fully saturated rings. The van der Waals surface area contributed by atoms with Crippen LogP contribution in [0.15, 0.2) is 23.1 Å². The molecule has 0 bridgehead atoms. The molecule has 0 amide bonds. The lowest BCUT2D eigenvalue weighted by Crippen LogP contribution is -2.51. The molecule has 0 saturated carbocycles. The van der Waals surface area contributed by atoms with E-state index in [1.165, 1.54) is 0 Å². The number of rotatable bonds is 3. The van der Waals surface area contributed by atoms with Gasteiger partial charge in [0.2, 0.25) is 10.0 Å². The zero-order chi connectivity index (χ0) is 14.9. The monoisotopic (exact) mass is 296 g/mol. The molecule has 1 saturated heterocycles. The first-order valence-corrected chi connectivity index (χ1v) is 8.60. The lowest BCUT2D eigenvalue weighted by molar-refractivity contribution is 0.192. The Kier molecular flexibility index (Phi) is 4.52. The maximum Gasteiger partial charge on any atom is 0.243 e. The molecule has 0 radical (unpaired) electrons. The van der Waals surface area contributed by atoms with Gasteiger partial charge in [-0.2, -0.15) is 4.31 Å². The molecule has 1 aliphatic heterocycles. The van der Waals surface area contributed by atoms with Crippen molar-refractivity contribution in [3.8, 4) is 0 Å². The summed E-state index contributed by atoms with van der Waals surface area (Å²) in [6, 6.07) is 5.39. The Morgan fingerprint density at radius 3 is 2.40 bits per heavy atom. The first-order valence-electron chi connectivity index (χ1n) is 7.16. The van der Waals surface area contributed by atoms with E-state index < -0.39 is 10.0 Å². The molecular formula is C15H24N2O2S. The Labute approximate surface area is 122 Å². The van der Waals surface area contributed by atoms with E-state index in [1.54, 1.807) is 16.4 Å². The van der Waals surface area contributed by atoms with E-state index in [2.05, 4.69) is 6.92 Å². The van der Waals surface area contributed by atoms with Crippen LogP contribution in [0.3, 0.4) is 0 Å². The number of sulfonamides is 1. The third-order valence-corrected chi connectivity index (χ3v) is 6.01. The van der Waals surface area contributed by atoms with Gasteiger partial charge < -0.3 is 5.73 Å². The van der Waals surface area contributed by atoms with E-state index in [-0.39, 0.29) is 6.04 Å². The molecule has 5 heteroatoms. The number of aryl methyl sites for hydroxylation is 2. The van der Waals surface area contributed by atoms with Crippen molar-refractivity contribution in [2.45, 2.75) is 44.6 Å². The van der Waals surface area contributed by atoms with Gasteiger partial charge in [-0.25, -0.2) is 8.42 Å². The van der Waals surface area contributed by atoms with Crippen molar-refractivity contribution in [1.82, 2.24) is 4.31 Å². The zero-order valence-corrected chi connectivity index (χ0v) is 13.3. The minimum absolute atomic E-state index is 0.0884. The number of nitrogens with two attached hydrogens (primary N) is 1.